The standard InChI is InChI=1S/C71H73N6O.Pt/c1-67(2,3)52-38-50(37-51(39-52)58-41-49(35-36-72-58)44-23-18-16-19-24-44)54-27-22-28-60-61(54)73-64(56-42-53(68(4,5)6)43-57(62(56)78)69(7,8)9)77(60)59-34-33-48(40-55(59)46-25-20-17-21-26-46)45-29-31-47(32-30-45)63-74-65(70(10,11)12)76-66(75-63)71(13,14)15;/h16-36,38-43,78H,1-15H3;/q-1;. The van der Waals surface area contributed by atoms with Gasteiger partial charge in [-0.15, -0.1) is 29.3 Å². The zero-order valence-corrected chi connectivity index (χ0v) is 50.8. The summed E-state index contributed by atoms with van der Waals surface area (Å²) in [4.78, 5) is 25.6. The van der Waals surface area contributed by atoms with Crippen molar-refractivity contribution in [1.29, 1.82) is 0 Å². The molecule has 0 fully saturated rings. The summed E-state index contributed by atoms with van der Waals surface area (Å²) in [5.74, 6) is 3.10. The molecule has 404 valence electrons. The van der Waals surface area contributed by atoms with Crippen LogP contribution < -0.4 is 0 Å². The Kier molecular flexibility index (Phi) is 15.0. The van der Waals surface area contributed by atoms with E-state index in [9.17, 15) is 5.11 Å². The molecule has 0 saturated carbocycles. The zero-order valence-electron chi connectivity index (χ0n) is 48.5. The van der Waals surface area contributed by atoms with Crippen LogP contribution in [0.1, 0.15) is 132 Å². The monoisotopic (exact) mass is 1220 g/mol. The van der Waals surface area contributed by atoms with E-state index in [0.29, 0.717) is 17.2 Å². The van der Waals surface area contributed by atoms with Gasteiger partial charge in [-0.2, -0.15) is 0 Å². The molecule has 0 spiro atoms. The van der Waals surface area contributed by atoms with Crippen molar-refractivity contribution in [2.75, 3.05) is 0 Å². The summed E-state index contributed by atoms with van der Waals surface area (Å²) in [6, 6.07) is 59.6. The summed E-state index contributed by atoms with van der Waals surface area (Å²) in [5, 5.41) is 12.8. The van der Waals surface area contributed by atoms with E-state index in [1.807, 2.05) is 12.3 Å². The number of hydrogen-bond acceptors (Lipinski definition) is 6. The maximum Gasteiger partial charge on any atom is 0.163 e. The number of phenols is 1. The average Bonchev–Trinajstić information content (AvgIpc) is 3.98. The normalized spacial score (nSPS) is 12.4. The van der Waals surface area contributed by atoms with Gasteiger partial charge >= 0.3 is 0 Å². The molecule has 10 rings (SSSR count). The van der Waals surface area contributed by atoms with Crippen LogP contribution in [0.4, 0.5) is 0 Å². The van der Waals surface area contributed by atoms with Crippen molar-refractivity contribution in [1.82, 2.24) is 29.5 Å². The van der Waals surface area contributed by atoms with Crippen molar-refractivity contribution in [2.24, 2.45) is 0 Å². The van der Waals surface area contributed by atoms with Gasteiger partial charge in [-0.1, -0.05) is 230 Å². The minimum atomic E-state index is -0.369. The van der Waals surface area contributed by atoms with E-state index in [4.69, 9.17) is 24.9 Å². The topological polar surface area (TPSA) is 89.6 Å². The molecule has 0 atom stereocenters. The van der Waals surface area contributed by atoms with Crippen LogP contribution in [0.5, 0.6) is 5.75 Å². The van der Waals surface area contributed by atoms with Gasteiger partial charge in [0.2, 0.25) is 0 Å². The van der Waals surface area contributed by atoms with Crippen LogP contribution >= 0.6 is 0 Å². The molecule has 79 heavy (non-hydrogen) atoms. The largest absolute Gasteiger partial charge is 0.507 e. The Morgan fingerprint density at radius 3 is 1.56 bits per heavy atom. The molecular formula is C71H73N6OPt-. The number of aromatic nitrogens is 6. The quantitative estimate of drug-likeness (QED) is 0.153. The summed E-state index contributed by atoms with van der Waals surface area (Å²) < 4.78 is 2.27. The molecule has 0 aliphatic rings. The molecule has 10 aromatic rings. The summed E-state index contributed by atoms with van der Waals surface area (Å²) in [5.41, 5.74) is 16.1. The first-order chi connectivity index (χ1) is 36.7. The Morgan fingerprint density at radius 1 is 0.418 bits per heavy atom. The molecule has 0 aliphatic heterocycles. The molecule has 0 unspecified atom stereocenters. The second-order valence-electron chi connectivity index (χ2n) is 26.1. The number of imidazole rings is 1. The summed E-state index contributed by atoms with van der Waals surface area (Å²) in [6.45, 7) is 32.8. The van der Waals surface area contributed by atoms with Gasteiger partial charge in [0.1, 0.15) is 23.2 Å². The van der Waals surface area contributed by atoms with E-state index in [1.165, 1.54) is 0 Å². The van der Waals surface area contributed by atoms with E-state index in [1.54, 1.807) is 0 Å². The third kappa shape index (κ3) is 11.6. The van der Waals surface area contributed by atoms with Crippen molar-refractivity contribution in [3.63, 3.8) is 0 Å². The van der Waals surface area contributed by atoms with Crippen LogP contribution in [0.2, 0.25) is 0 Å². The number of nitrogens with zero attached hydrogens (tertiary/aromatic N) is 6. The maximum atomic E-state index is 12.8. The predicted molar refractivity (Wildman–Crippen MR) is 324 cm³/mol. The van der Waals surface area contributed by atoms with Crippen molar-refractivity contribution in [3.05, 3.63) is 198 Å². The van der Waals surface area contributed by atoms with Crippen molar-refractivity contribution in [3.8, 4) is 90.0 Å². The summed E-state index contributed by atoms with van der Waals surface area (Å²) in [7, 11) is 0. The number of benzene rings is 7. The molecule has 0 bridgehead atoms. The van der Waals surface area contributed by atoms with Crippen molar-refractivity contribution >= 4 is 11.0 Å². The summed E-state index contributed by atoms with van der Waals surface area (Å²) >= 11 is 0. The van der Waals surface area contributed by atoms with Crippen molar-refractivity contribution < 1.29 is 26.2 Å². The van der Waals surface area contributed by atoms with Gasteiger partial charge in [0.15, 0.2) is 5.82 Å². The van der Waals surface area contributed by atoms with E-state index >= 15 is 0 Å². The van der Waals surface area contributed by atoms with Crippen LogP contribution in [-0.2, 0) is 48.1 Å². The predicted octanol–water partition coefficient (Wildman–Crippen LogP) is 18.3. The molecule has 0 aliphatic carbocycles. The fourth-order valence-corrected chi connectivity index (χ4v) is 9.97. The van der Waals surface area contributed by atoms with E-state index in [-0.39, 0.29) is 53.9 Å². The molecule has 0 radical (unpaired) electrons. The van der Waals surface area contributed by atoms with Crippen LogP contribution in [0, 0.1) is 6.07 Å². The number of phenolic OH excluding ortho intramolecular Hbond substituents is 1. The van der Waals surface area contributed by atoms with Gasteiger partial charge in [-0.3, -0.25) is 9.55 Å². The second kappa shape index (κ2) is 21.0. The van der Waals surface area contributed by atoms with Crippen molar-refractivity contribution in [2.45, 2.75) is 131 Å². The molecular weight excluding hydrogens is 1150 g/mol. The first-order valence-corrected chi connectivity index (χ1v) is 27.3. The van der Waals surface area contributed by atoms with Gasteiger partial charge in [0.05, 0.1) is 22.3 Å². The number of fused-ring (bicyclic) bond motifs is 1. The Morgan fingerprint density at radius 2 is 0.962 bits per heavy atom. The van der Waals surface area contributed by atoms with Gasteiger partial charge in [0.25, 0.3) is 0 Å². The number of aromatic hydroxyl groups is 1. The molecule has 3 aromatic heterocycles. The fraction of sp³-hybridized carbons (Fsp3) is 0.282. The minimum Gasteiger partial charge on any atom is -0.507 e. The molecule has 0 amide bonds. The Labute approximate surface area is 483 Å². The van der Waals surface area contributed by atoms with Crippen LogP contribution in [-0.4, -0.2) is 34.6 Å². The SMILES string of the molecule is CC(C)(C)c1cc(-c2cc(-c3ccccc3)ccn2)[c-]c(-c2cccc3c2nc(-c2cc(C(C)(C)C)cc(C(C)(C)C)c2O)n3-c2ccc(-c3ccc(-c4nc(C(C)(C)C)nc(C(C)(C)C)n4)cc3)cc2-c2ccccc2)c1.[Pt]. The van der Waals surface area contributed by atoms with E-state index in [2.05, 4.69) is 266 Å². The number of hydrogen-bond donors (Lipinski definition) is 1. The molecule has 0 saturated heterocycles. The fourth-order valence-electron chi connectivity index (χ4n) is 9.97. The van der Waals surface area contributed by atoms with E-state index in [0.717, 1.165) is 106 Å². The average molecular weight is 1220 g/mol. The van der Waals surface area contributed by atoms with Crippen LogP contribution in [0.25, 0.3) is 95.3 Å². The summed E-state index contributed by atoms with van der Waals surface area (Å²) in [6.07, 6.45) is 1.89. The molecule has 7 aromatic carbocycles. The third-order valence-electron chi connectivity index (χ3n) is 14.7. The zero-order chi connectivity index (χ0) is 55.7. The van der Waals surface area contributed by atoms with Gasteiger partial charge in [-0.25, -0.2) is 19.9 Å². The van der Waals surface area contributed by atoms with Crippen LogP contribution in [0.15, 0.2) is 164 Å². The van der Waals surface area contributed by atoms with E-state index < -0.39 is 0 Å². The first kappa shape index (κ1) is 56.4. The Hall–Kier alpha value is -7.34. The van der Waals surface area contributed by atoms with Gasteiger partial charge < -0.3 is 5.11 Å². The Bertz CT molecular complexity index is 3830. The Balaban J connectivity index is 0.00000757. The maximum absolute atomic E-state index is 12.8. The first-order valence-electron chi connectivity index (χ1n) is 27.3. The second-order valence-corrected chi connectivity index (χ2v) is 26.1. The molecule has 8 heteroatoms. The molecule has 3 heterocycles. The smallest absolute Gasteiger partial charge is 0.163 e. The number of para-hydroxylation sites is 1. The number of rotatable bonds is 8. The third-order valence-corrected chi connectivity index (χ3v) is 14.7. The number of pyridine rings is 1. The minimum absolute atomic E-state index is 0. The molecule has 1 N–H and O–H groups in total. The van der Waals surface area contributed by atoms with Gasteiger partial charge in [-0.05, 0) is 80.0 Å². The van der Waals surface area contributed by atoms with Gasteiger partial charge in [0, 0.05) is 60.5 Å². The molecule has 7 nitrogen and oxygen atoms in total. The van der Waals surface area contributed by atoms with Crippen LogP contribution in [0.3, 0.4) is 0 Å².